The molecule has 2 rings (SSSR count). The molecule has 1 aliphatic carbocycles. The Hall–Kier alpha value is -0.450. The van der Waals surface area contributed by atoms with E-state index in [9.17, 15) is 9.50 Å². The standard InChI is InChI=1S/C12H15BrFNO/c13-10-4-3-9(5-11(10)14)12(7-16)15-6-8-1-2-8/h3-5,8,12,15-16H,1-2,6-7H2. The average molecular weight is 288 g/mol. The second kappa shape index (κ2) is 5.25. The van der Waals surface area contributed by atoms with Crippen molar-refractivity contribution in [3.63, 3.8) is 0 Å². The van der Waals surface area contributed by atoms with Gasteiger partial charge in [0.25, 0.3) is 0 Å². The molecule has 0 spiro atoms. The Morgan fingerprint density at radius 1 is 1.50 bits per heavy atom. The van der Waals surface area contributed by atoms with Crippen LogP contribution in [0, 0.1) is 11.7 Å². The van der Waals surface area contributed by atoms with Gasteiger partial charge in [-0.1, -0.05) is 6.07 Å². The molecule has 1 aliphatic rings. The molecule has 2 N–H and O–H groups in total. The highest BCUT2D eigenvalue weighted by Crippen LogP contribution is 2.29. The highest BCUT2D eigenvalue weighted by atomic mass is 79.9. The quantitative estimate of drug-likeness (QED) is 0.873. The Labute approximate surface area is 103 Å². The number of benzene rings is 1. The lowest BCUT2D eigenvalue weighted by Gasteiger charge is -2.16. The van der Waals surface area contributed by atoms with Gasteiger partial charge in [0.2, 0.25) is 0 Å². The first-order valence-corrected chi connectivity index (χ1v) is 6.29. The predicted octanol–water partition coefficient (Wildman–Crippen LogP) is 2.62. The predicted molar refractivity (Wildman–Crippen MR) is 64.7 cm³/mol. The van der Waals surface area contributed by atoms with E-state index in [4.69, 9.17) is 0 Å². The van der Waals surface area contributed by atoms with Crippen LogP contribution in [-0.2, 0) is 0 Å². The fraction of sp³-hybridized carbons (Fsp3) is 0.500. The van der Waals surface area contributed by atoms with E-state index in [1.807, 2.05) is 6.07 Å². The lowest BCUT2D eigenvalue weighted by Crippen LogP contribution is -2.26. The molecule has 0 aromatic heterocycles. The normalized spacial score (nSPS) is 17.4. The highest BCUT2D eigenvalue weighted by molar-refractivity contribution is 9.10. The summed E-state index contributed by atoms with van der Waals surface area (Å²) in [5, 5.41) is 12.5. The zero-order valence-corrected chi connectivity index (χ0v) is 10.5. The fourth-order valence-corrected chi connectivity index (χ4v) is 1.89. The van der Waals surface area contributed by atoms with E-state index in [2.05, 4.69) is 21.2 Å². The van der Waals surface area contributed by atoms with Gasteiger partial charge in [-0.25, -0.2) is 4.39 Å². The molecule has 1 unspecified atom stereocenters. The summed E-state index contributed by atoms with van der Waals surface area (Å²) >= 11 is 3.11. The van der Waals surface area contributed by atoms with Gasteiger partial charge in [0.05, 0.1) is 17.1 Å². The first-order chi connectivity index (χ1) is 7.70. The van der Waals surface area contributed by atoms with E-state index < -0.39 is 0 Å². The minimum atomic E-state index is -0.288. The van der Waals surface area contributed by atoms with Gasteiger partial charge in [-0.2, -0.15) is 0 Å². The van der Waals surface area contributed by atoms with E-state index >= 15 is 0 Å². The van der Waals surface area contributed by atoms with Crippen LogP contribution >= 0.6 is 15.9 Å². The first kappa shape index (κ1) is 12.0. The van der Waals surface area contributed by atoms with Crippen molar-refractivity contribution in [1.82, 2.24) is 5.32 Å². The number of nitrogens with one attached hydrogen (secondary N) is 1. The monoisotopic (exact) mass is 287 g/mol. The number of aliphatic hydroxyl groups excluding tert-OH is 1. The minimum absolute atomic E-state index is 0.00616. The molecule has 0 bridgehead atoms. The SMILES string of the molecule is OCC(NCC1CC1)c1ccc(Br)c(F)c1. The van der Waals surface area contributed by atoms with Gasteiger partial charge in [0.15, 0.2) is 0 Å². The largest absolute Gasteiger partial charge is 0.394 e. The Kier molecular flexibility index (Phi) is 3.95. The highest BCUT2D eigenvalue weighted by Gasteiger charge is 2.22. The summed E-state index contributed by atoms with van der Waals surface area (Å²) in [6, 6.07) is 4.80. The molecule has 4 heteroatoms. The molecule has 1 fully saturated rings. The van der Waals surface area contributed by atoms with Crippen molar-refractivity contribution in [3.8, 4) is 0 Å². The summed E-state index contributed by atoms with van der Waals surface area (Å²) in [6.45, 7) is 0.900. The average Bonchev–Trinajstić information content (AvgIpc) is 3.08. The molecule has 0 radical (unpaired) electrons. The van der Waals surface area contributed by atoms with Crippen molar-refractivity contribution in [2.75, 3.05) is 13.2 Å². The molecule has 0 heterocycles. The van der Waals surface area contributed by atoms with E-state index in [1.54, 1.807) is 6.07 Å². The van der Waals surface area contributed by atoms with Gasteiger partial charge in [-0.3, -0.25) is 0 Å². The van der Waals surface area contributed by atoms with Crippen LogP contribution in [0.4, 0.5) is 4.39 Å². The van der Waals surface area contributed by atoms with Crippen LogP contribution in [0.5, 0.6) is 0 Å². The molecule has 0 amide bonds. The van der Waals surface area contributed by atoms with Gasteiger partial charge in [0.1, 0.15) is 5.82 Å². The van der Waals surface area contributed by atoms with E-state index in [0.29, 0.717) is 4.47 Å². The lowest BCUT2D eigenvalue weighted by molar-refractivity contribution is 0.243. The maximum Gasteiger partial charge on any atom is 0.137 e. The van der Waals surface area contributed by atoms with Crippen LogP contribution in [0.25, 0.3) is 0 Å². The van der Waals surface area contributed by atoms with Crippen molar-refractivity contribution in [3.05, 3.63) is 34.1 Å². The number of halogens is 2. The van der Waals surface area contributed by atoms with Crippen molar-refractivity contribution >= 4 is 15.9 Å². The zero-order chi connectivity index (χ0) is 11.5. The van der Waals surface area contributed by atoms with E-state index in [1.165, 1.54) is 18.9 Å². The van der Waals surface area contributed by atoms with Crippen LogP contribution < -0.4 is 5.32 Å². The van der Waals surface area contributed by atoms with Gasteiger partial charge in [-0.05, 0) is 58.9 Å². The number of hydrogen-bond acceptors (Lipinski definition) is 2. The van der Waals surface area contributed by atoms with Crippen LogP contribution in [-0.4, -0.2) is 18.3 Å². The molecule has 88 valence electrons. The molecule has 1 aromatic carbocycles. The maximum absolute atomic E-state index is 13.3. The first-order valence-electron chi connectivity index (χ1n) is 5.50. The molecule has 1 saturated carbocycles. The number of aliphatic hydroxyl groups is 1. The Morgan fingerprint density at radius 2 is 2.25 bits per heavy atom. The molecular weight excluding hydrogens is 273 g/mol. The molecule has 1 atom stereocenters. The Bertz CT molecular complexity index is 368. The Morgan fingerprint density at radius 3 is 2.81 bits per heavy atom. The second-order valence-corrected chi connectivity index (χ2v) is 5.11. The van der Waals surface area contributed by atoms with Crippen molar-refractivity contribution in [1.29, 1.82) is 0 Å². The van der Waals surface area contributed by atoms with E-state index in [0.717, 1.165) is 18.0 Å². The topological polar surface area (TPSA) is 32.3 Å². The Balaban J connectivity index is 2.02. The van der Waals surface area contributed by atoms with Crippen LogP contribution in [0.3, 0.4) is 0 Å². The molecular formula is C12H15BrFNO. The lowest BCUT2D eigenvalue weighted by atomic mass is 10.1. The number of rotatable bonds is 5. The smallest absolute Gasteiger partial charge is 0.137 e. The van der Waals surface area contributed by atoms with Gasteiger partial charge < -0.3 is 10.4 Å². The fourth-order valence-electron chi connectivity index (χ4n) is 1.65. The van der Waals surface area contributed by atoms with Crippen molar-refractivity contribution < 1.29 is 9.50 Å². The molecule has 0 aliphatic heterocycles. The second-order valence-electron chi connectivity index (χ2n) is 4.26. The summed E-state index contributed by atoms with van der Waals surface area (Å²) in [6.07, 6.45) is 2.53. The van der Waals surface area contributed by atoms with E-state index in [-0.39, 0.29) is 18.5 Å². The molecule has 1 aromatic rings. The maximum atomic E-state index is 13.3. The summed E-state index contributed by atoms with van der Waals surface area (Å²) in [5.74, 6) is 0.457. The summed E-state index contributed by atoms with van der Waals surface area (Å²) in [7, 11) is 0. The van der Waals surface area contributed by atoms with Crippen molar-refractivity contribution in [2.45, 2.75) is 18.9 Å². The van der Waals surface area contributed by atoms with Crippen LogP contribution in [0.2, 0.25) is 0 Å². The third-order valence-electron chi connectivity index (χ3n) is 2.88. The minimum Gasteiger partial charge on any atom is -0.394 e. The third kappa shape index (κ3) is 3.03. The summed E-state index contributed by atoms with van der Waals surface area (Å²) < 4.78 is 13.8. The summed E-state index contributed by atoms with van der Waals surface area (Å²) in [4.78, 5) is 0. The molecule has 2 nitrogen and oxygen atoms in total. The van der Waals surface area contributed by atoms with Crippen LogP contribution in [0.15, 0.2) is 22.7 Å². The van der Waals surface area contributed by atoms with Crippen molar-refractivity contribution in [2.24, 2.45) is 5.92 Å². The zero-order valence-electron chi connectivity index (χ0n) is 8.92. The number of hydrogen-bond donors (Lipinski definition) is 2. The van der Waals surface area contributed by atoms with Crippen LogP contribution in [0.1, 0.15) is 24.4 Å². The van der Waals surface area contributed by atoms with Gasteiger partial charge in [-0.15, -0.1) is 0 Å². The van der Waals surface area contributed by atoms with Gasteiger partial charge in [0, 0.05) is 0 Å². The van der Waals surface area contributed by atoms with Gasteiger partial charge >= 0.3 is 0 Å². The third-order valence-corrected chi connectivity index (χ3v) is 3.52. The molecule has 16 heavy (non-hydrogen) atoms. The molecule has 0 saturated heterocycles. The summed E-state index contributed by atoms with van der Waals surface area (Å²) in [5.41, 5.74) is 0.795.